The van der Waals surface area contributed by atoms with Crippen molar-refractivity contribution in [1.82, 2.24) is 0 Å². The van der Waals surface area contributed by atoms with Crippen LogP contribution in [0.3, 0.4) is 0 Å². The lowest BCUT2D eigenvalue weighted by atomic mass is 9.95. The number of rotatable bonds is 2. The van der Waals surface area contributed by atoms with E-state index in [2.05, 4.69) is 15.9 Å². The van der Waals surface area contributed by atoms with Crippen molar-refractivity contribution in [3.8, 4) is 0 Å². The van der Waals surface area contributed by atoms with Gasteiger partial charge in [0.05, 0.1) is 0 Å². The molecule has 3 heteroatoms. The highest BCUT2D eigenvalue weighted by Gasteiger charge is 2.17. The lowest BCUT2D eigenvalue weighted by molar-refractivity contribution is 0.495. The Kier molecular flexibility index (Phi) is 3.32. The van der Waals surface area contributed by atoms with E-state index in [0.29, 0.717) is 12.0 Å². The predicted molar refractivity (Wildman–Crippen MR) is 60.8 cm³/mol. The smallest absolute Gasteiger partial charge is 0.127 e. The Labute approximate surface area is 92.6 Å². The van der Waals surface area contributed by atoms with Gasteiger partial charge in [-0.25, -0.2) is 4.39 Å². The van der Waals surface area contributed by atoms with Gasteiger partial charge in [0.2, 0.25) is 0 Å². The zero-order valence-corrected chi connectivity index (χ0v) is 10.3. The molecule has 0 heterocycles. The fourth-order valence-corrected chi connectivity index (χ4v) is 1.79. The molecule has 0 saturated heterocycles. The molecular weight excluding hydrogens is 245 g/mol. The molecule has 0 fully saturated rings. The van der Waals surface area contributed by atoms with Gasteiger partial charge in [-0.05, 0) is 38.8 Å². The molecule has 1 rings (SSSR count). The van der Waals surface area contributed by atoms with Crippen molar-refractivity contribution in [2.75, 3.05) is 0 Å². The second kappa shape index (κ2) is 3.99. The predicted octanol–water partition coefficient (Wildman–Crippen LogP) is 3.18. The summed E-state index contributed by atoms with van der Waals surface area (Å²) in [5, 5.41) is 0. The van der Waals surface area contributed by atoms with Gasteiger partial charge in [-0.15, -0.1) is 0 Å². The molecule has 1 aromatic rings. The summed E-state index contributed by atoms with van der Waals surface area (Å²) in [5.74, 6) is -0.194. The second-order valence-corrected chi connectivity index (χ2v) is 5.12. The average molecular weight is 260 g/mol. The molecule has 0 aliphatic carbocycles. The Morgan fingerprint density at radius 2 is 2.00 bits per heavy atom. The van der Waals surface area contributed by atoms with Crippen molar-refractivity contribution in [3.05, 3.63) is 33.5 Å². The molecule has 0 spiro atoms. The van der Waals surface area contributed by atoms with E-state index in [1.165, 1.54) is 6.07 Å². The number of benzene rings is 1. The summed E-state index contributed by atoms with van der Waals surface area (Å²) in [4.78, 5) is 0. The molecule has 14 heavy (non-hydrogen) atoms. The van der Waals surface area contributed by atoms with Crippen LogP contribution in [-0.4, -0.2) is 5.54 Å². The average Bonchev–Trinajstić information content (AvgIpc) is 2.04. The summed E-state index contributed by atoms with van der Waals surface area (Å²) in [6.45, 7) is 5.72. The van der Waals surface area contributed by atoms with Crippen LogP contribution >= 0.6 is 15.9 Å². The van der Waals surface area contributed by atoms with Crippen molar-refractivity contribution >= 4 is 15.9 Å². The van der Waals surface area contributed by atoms with Crippen molar-refractivity contribution in [2.45, 2.75) is 32.7 Å². The maximum atomic E-state index is 13.5. The number of aryl methyl sites for hydroxylation is 1. The van der Waals surface area contributed by atoms with Gasteiger partial charge in [-0.2, -0.15) is 0 Å². The lowest BCUT2D eigenvalue weighted by Crippen LogP contribution is -2.35. The molecule has 0 amide bonds. The maximum Gasteiger partial charge on any atom is 0.127 e. The number of nitrogens with two attached hydrogens (primary N) is 1. The molecule has 0 bridgehead atoms. The molecule has 0 aliphatic rings. The fourth-order valence-electron chi connectivity index (χ4n) is 1.33. The van der Waals surface area contributed by atoms with Crippen LogP contribution in [-0.2, 0) is 6.42 Å². The van der Waals surface area contributed by atoms with Crippen LogP contribution in [0.5, 0.6) is 0 Å². The molecule has 0 saturated carbocycles. The maximum absolute atomic E-state index is 13.5. The minimum atomic E-state index is -0.392. The van der Waals surface area contributed by atoms with E-state index in [9.17, 15) is 4.39 Å². The Morgan fingerprint density at radius 1 is 1.43 bits per heavy atom. The fraction of sp³-hybridized carbons (Fsp3) is 0.455. The third-order valence-corrected chi connectivity index (χ3v) is 3.12. The SMILES string of the molecule is Cc1ccc(F)c(CC(C)(C)N)c1Br. The first-order chi connectivity index (χ1) is 6.31. The van der Waals surface area contributed by atoms with Gasteiger partial charge >= 0.3 is 0 Å². The van der Waals surface area contributed by atoms with Gasteiger partial charge in [-0.3, -0.25) is 0 Å². The van der Waals surface area contributed by atoms with Gasteiger partial charge in [0, 0.05) is 15.6 Å². The van der Waals surface area contributed by atoms with Crippen LogP contribution in [0.2, 0.25) is 0 Å². The molecule has 2 N–H and O–H groups in total. The monoisotopic (exact) mass is 259 g/mol. The molecule has 0 atom stereocenters. The lowest BCUT2D eigenvalue weighted by Gasteiger charge is -2.20. The highest BCUT2D eigenvalue weighted by molar-refractivity contribution is 9.10. The molecule has 1 aromatic carbocycles. The summed E-state index contributed by atoms with van der Waals surface area (Å²) < 4.78 is 14.3. The first kappa shape index (κ1) is 11.7. The molecule has 78 valence electrons. The summed E-state index contributed by atoms with van der Waals surface area (Å²) >= 11 is 3.39. The van der Waals surface area contributed by atoms with E-state index < -0.39 is 5.54 Å². The standard InChI is InChI=1S/C11H15BrFN/c1-7-4-5-9(13)8(10(7)12)6-11(2,3)14/h4-5H,6,14H2,1-3H3. The molecule has 0 unspecified atom stereocenters. The van der Waals surface area contributed by atoms with Gasteiger partial charge in [-0.1, -0.05) is 22.0 Å². The quantitative estimate of drug-likeness (QED) is 0.868. The van der Waals surface area contributed by atoms with Crippen LogP contribution in [0.25, 0.3) is 0 Å². The molecule has 0 aliphatic heterocycles. The summed E-state index contributed by atoms with van der Waals surface area (Å²) in [6, 6.07) is 3.24. The van der Waals surface area contributed by atoms with Crippen molar-refractivity contribution in [1.29, 1.82) is 0 Å². The molecule has 1 nitrogen and oxygen atoms in total. The second-order valence-electron chi connectivity index (χ2n) is 4.32. The van der Waals surface area contributed by atoms with E-state index in [4.69, 9.17) is 5.73 Å². The Morgan fingerprint density at radius 3 is 2.50 bits per heavy atom. The van der Waals surface area contributed by atoms with Crippen LogP contribution in [0.1, 0.15) is 25.0 Å². The van der Waals surface area contributed by atoms with Gasteiger partial charge in [0.1, 0.15) is 5.82 Å². The first-order valence-electron chi connectivity index (χ1n) is 4.53. The largest absolute Gasteiger partial charge is 0.325 e. The van der Waals surface area contributed by atoms with Crippen LogP contribution in [0, 0.1) is 12.7 Å². The number of hydrogen-bond acceptors (Lipinski definition) is 1. The van der Waals surface area contributed by atoms with Crippen molar-refractivity contribution < 1.29 is 4.39 Å². The third kappa shape index (κ3) is 2.79. The number of halogens is 2. The minimum Gasteiger partial charge on any atom is -0.325 e. The van der Waals surface area contributed by atoms with E-state index >= 15 is 0 Å². The molecular formula is C11H15BrFN. The number of hydrogen-bond donors (Lipinski definition) is 1. The normalized spacial score (nSPS) is 11.9. The molecule has 0 radical (unpaired) electrons. The topological polar surface area (TPSA) is 26.0 Å². The van der Waals surface area contributed by atoms with E-state index in [0.717, 1.165) is 10.0 Å². The highest BCUT2D eigenvalue weighted by Crippen LogP contribution is 2.26. The highest BCUT2D eigenvalue weighted by atomic mass is 79.9. The van der Waals surface area contributed by atoms with Gasteiger partial charge in [0.15, 0.2) is 0 Å². The Hall–Kier alpha value is -0.410. The molecule has 0 aromatic heterocycles. The first-order valence-corrected chi connectivity index (χ1v) is 5.33. The summed E-state index contributed by atoms with van der Waals surface area (Å²) in [5.41, 5.74) is 7.17. The zero-order valence-electron chi connectivity index (χ0n) is 8.70. The van der Waals surface area contributed by atoms with Crippen LogP contribution < -0.4 is 5.73 Å². The van der Waals surface area contributed by atoms with Crippen molar-refractivity contribution in [2.24, 2.45) is 5.73 Å². The van der Waals surface area contributed by atoms with E-state index in [1.54, 1.807) is 6.07 Å². The third-order valence-electron chi connectivity index (χ3n) is 2.01. The van der Waals surface area contributed by atoms with Crippen LogP contribution in [0.4, 0.5) is 4.39 Å². The van der Waals surface area contributed by atoms with Gasteiger partial charge < -0.3 is 5.73 Å². The Bertz CT molecular complexity index is 342. The Balaban J connectivity index is 3.13. The van der Waals surface area contributed by atoms with Gasteiger partial charge in [0.25, 0.3) is 0 Å². The van der Waals surface area contributed by atoms with E-state index in [-0.39, 0.29) is 5.82 Å². The van der Waals surface area contributed by atoms with Crippen LogP contribution in [0.15, 0.2) is 16.6 Å². The zero-order chi connectivity index (χ0) is 10.9. The summed E-state index contributed by atoms with van der Waals surface area (Å²) in [6.07, 6.45) is 0.529. The summed E-state index contributed by atoms with van der Waals surface area (Å²) in [7, 11) is 0. The van der Waals surface area contributed by atoms with E-state index in [1.807, 2.05) is 20.8 Å². The van der Waals surface area contributed by atoms with Crippen molar-refractivity contribution in [3.63, 3.8) is 0 Å². The minimum absolute atomic E-state index is 0.194.